The van der Waals surface area contributed by atoms with E-state index in [-0.39, 0.29) is 0 Å². The molecule has 0 aliphatic rings. The molecule has 2 rings (SSSR count). The van der Waals surface area contributed by atoms with E-state index in [1.54, 1.807) is 14.2 Å². The van der Waals surface area contributed by atoms with Gasteiger partial charge in [-0.15, -0.1) is 0 Å². The fourth-order valence-corrected chi connectivity index (χ4v) is 2.33. The molecule has 0 saturated carbocycles. The van der Waals surface area contributed by atoms with Crippen LogP contribution < -0.4 is 14.8 Å². The molecule has 0 aliphatic heterocycles. The molecule has 1 N–H and O–H groups in total. The largest absolute Gasteiger partial charge is 0.497 e. The topological polar surface area (TPSA) is 30.5 Å². The molecular weight excluding hydrogens is 318 g/mol. The number of ether oxygens (including phenoxy) is 2. The molecule has 0 bridgehead atoms. The van der Waals surface area contributed by atoms with Gasteiger partial charge in [-0.1, -0.05) is 22.0 Å². The standard InChI is InChI=1S/C16H18BrNO2/c1-11-15(17)5-4-6-16(11)18-10-12-7-13(19-2)9-14(8-12)20-3/h4-9,18H,10H2,1-3H3. The summed E-state index contributed by atoms with van der Waals surface area (Å²) in [5, 5.41) is 3.43. The van der Waals surface area contributed by atoms with Gasteiger partial charge in [0.05, 0.1) is 14.2 Å². The smallest absolute Gasteiger partial charge is 0.122 e. The fourth-order valence-electron chi connectivity index (χ4n) is 1.96. The molecule has 0 spiro atoms. The van der Waals surface area contributed by atoms with E-state index in [0.29, 0.717) is 6.54 Å². The highest BCUT2D eigenvalue weighted by Crippen LogP contribution is 2.26. The summed E-state index contributed by atoms with van der Waals surface area (Å²) < 4.78 is 11.7. The van der Waals surface area contributed by atoms with Gasteiger partial charge in [0.2, 0.25) is 0 Å². The lowest BCUT2D eigenvalue weighted by Gasteiger charge is -2.12. The van der Waals surface area contributed by atoms with E-state index in [1.165, 1.54) is 5.56 Å². The molecule has 0 radical (unpaired) electrons. The van der Waals surface area contributed by atoms with Crippen molar-refractivity contribution in [2.75, 3.05) is 19.5 Å². The maximum absolute atomic E-state index is 5.28. The summed E-state index contributed by atoms with van der Waals surface area (Å²) in [7, 11) is 3.31. The van der Waals surface area contributed by atoms with Crippen LogP contribution in [-0.2, 0) is 6.54 Å². The second kappa shape index (κ2) is 6.66. The predicted octanol–water partition coefficient (Wildman–Crippen LogP) is 4.39. The van der Waals surface area contributed by atoms with Crippen molar-refractivity contribution in [1.29, 1.82) is 0 Å². The van der Waals surface area contributed by atoms with Crippen molar-refractivity contribution in [3.8, 4) is 11.5 Å². The van der Waals surface area contributed by atoms with Crippen LogP contribution in [0.15, 0.2) is 40.9 Å². The molecule has 3 nitrogen and oxygen atoms in total. The molecule has 2 aromatic carbocycles. The molecule has 0 aromatic heterocycles. The Bertz CT molecular complexity index is 577. The number of hydrogen-bond donors (Lipinski definition) is 1. The molecule has 0 heterocycles. The van der Waals surface area contributed by atoms with Crippen LogP contribution in [0, 0.1) is 6.92 Å². The van der Waals surface area contributed by atoms with Crippen LogP contribution in [0.5, 0.6) is 11.5 Å². The van der Waals surface area contributed by atoms with Gasteiger partial charge < -0.3 is 14.8 Å². The highest BCUT2D eigenvalue weighted by atomic mass is 79.9. The number of hydrogen-bond acceptors (Lipinski definition) is 3. The van der Waals surface area contributed by atoms with Crippen molar-refractivity contribution in [3.05, 3.63) is 52.0 Å². The van der Waals surface area contributed by atoms with Crippen molar-refractivity contribution >= 4 is 21.6 Å². The lowest BCUT2D eigenvalue weighted by Crippen LogP contribution is -2.02. The minimum Gasteiger partial charge on any atom is -0.497 e. The lowest BCUT2D eigenvalue weighted by atomic mass is 10.1. The van der Waals surface area contributed by atoms with E-state index in [1.807, 2.05) is 30.3 Å². The normalized spacial score (nSPS) is 10.2. The first kappa shape index (κ1) is 14.7. The van der Waals surface area contributed by atoms with Gasteiger partial charge in [-0.3, -0.25) is 0 Å². The zero-order valence-electron chi connectivity index (χ0n) is 11.9. The number of benzene rings is 2. The fraction of sp³-hybridized carbons (Fsp3) is 0.250. The molecule has 106 valence electrons. The van der Waals surface area contributed by atoms with E-state index in [9.17, 15) is 0 Å². The Hall–Kier alpha value is -1.68. The van der Waals surface area contributed by atoms with E-state index >= 15 is 0 Å². The summed E-state index contributed by atoms with van der Waals surface area (Å²) in [6.45, 7) is 2.80. The number of methoxy groups -OCH3 is 2. The van der Waals surface area contributed by atoms with Gasteiger partial charge in [0.15, 0.2) is 0 Å². The first-order valence-electron chi connectivity index (χ1n) is 6.35. The monoisotopic (exact) mass is 335 g/mol. The number of nitrogens with one attached hydrogen (secondary N) is 1. The Morgan fingerprint density at radius 1 is 1.05 bits per heavy atom. The molecule has 2 aromatic rings. The second-order valence-corrected chi connectivity index (χ2v) is 5.34. The van der Waals surface area contributed by atoms with Gasteiger partial charge in [-0.2, -0.15) is 0 Å². The van der Waals surface area contributed by atoms with Gasteiger partial charge in [-0.25, -0.2) is 0 Å². The third-order valence-electron chi connectivity index (χ3n) is 3.16. The minimum absolute atomic E-state index is 0.713. The van der Waals surface area contributed by atoms with E-state index in [2.05, 4.69) is 34.2 Å². The van der Waals surface area contributed by atoms with Crippen LogP contribution in [0.2, 0.25) is 0 Å². The van der Waals surface area contributed by atoms with Gasteiger partial charge in [0, 0.05) is 22.8 Å². The van der Waals surface area contributed by atoms with Crippen LogP contribution in [0.25, 0.3) is 0 Å². The van der Waals surface area contributed by atoms with Crippen LogP contribution >= 0.6 is 15.9 Å². The van der Waals surface area contributed by atoms with Crippen molar-refractivity contribution in [1.82, 2.24) is 0 Å². The van der Waals surface area contributed by atoms with Crippen molar-refractivity contribution < 1.29 is 9.47 Å². The average Bonchev–Trinajstić information content (AvgIpc) is 2.48. The molecular formula is C16H18BrNO2. The van der Waals surface area contributed by atoms with Crippen molar-refractivity contribution in [2.24, 2.45) is 0 Å². The molecule has 0 fully saturated rings. The Morgan fingerprint density at radius 2 is 1.70 bits per heavy atom. The third kappa shape index (κ3) is 3.45. The Morgan fingerprint density at radius 3 is 2.30 bits per heavy atom. The Balaban J connectivity index is 2.16. The molecule has 20 heavy (non-hydrogen) atoms. The van der Waals surface area contributed by atoms with Crippen LogP contribution in [-0.4, -0.2) is 14.2 Å². The SMILES string of the molecule is COc1cc(CNc2cccc(Br)c2C)cc(OC)c1. The minimum atomic E-state index is 0.713. The molecule has 0 aliphatic carbocycles. The molecule has 4 heteroatoms. The van der Waals surface area contributed by atoms with Gasteiger partial charge in [0.25, 0.3) is 0 Å². The maximum atomic E-state index is 5.28. The second-order valence-electron chi connectivity index (χ2n) is 4.49. The molecule has 0 saturated heterocycles. The summed E-state index contributed by atoms with van der Waals surface area (Å²) in [4.78, 5) is 0. The number of halogens is 1. The molecule has 0 atom stereocenters. The maximum Gasteiger partial charge on any atom is 0.122 e. The molecule has 0 amide bonds. The first-order chi connectivity index (χ1) is 9.63. The van der Waals surface area contributed by atoms with Crippen LogP contribution in [0.3, 0.4) is 0 Å². The summed E-state index contributed by atoms with van der Waals surface area (Å²) in [5.74, 6) is 1.60. The van der Waals surface area contributed by atoms with Crippen molar-refractivity contribution in [3.63, 3.8) is 0 Å². The summed E-state index contributed by atoms with van der Waals surface area (Å²) >= 11 is 3.54. The lowest BCUT2D eigenvalue weighted by molar-refractivity contribution is 0.393. The van der Waals surface area contributed by atoms with Crippen LogP contribution in [0.1, 0.15) is 11.1 Å². The van der Waals surface area contributed by atoms with Gasteiger partial charge >= 0.3 is 0 Å². The van der Waals surface area contributed by atoms with Gasteiger partial charge in [-0.05, 0) is 42.3 Å². The van der Waals surface area contributed by atoms with Crippen LogP contribution in [0.4, 0.5) is 5.69 Å². The summed E-state index contributed by atoms with van der Waals surface area (Å²) in [6.07, 6.45) is 0. The Kier molecular flexibility index (Phi) is 4.90. The highest BCUT2D eigenvalue weighted by molar-refractivity contribution is 9.10. The highest BCUT2D eigenvalue weighted by Gasteiger charge is 2.04. The van der Waals surface area contributed by atoms with Gasteiger partial charge in [0.1, 0.15) is 11.5 Å². The quantitative estimate of drug-likeness (QED) is 0.879. The summed E-state index contributed by atoms with van der Waals surface area (Å²) in [6, 6.07) is 12.0. The molecule has 0 unspecified atom stereocenters. The number of anilines is 1. The van der Waals surface area contributed by atoms with Crippen molar-refractivity contribution in [2.45, 2.75) is 13.5 Å². The van der Waals surface area contributed by atoms with E-state index in [4.69, 9.17) is 9.47 Å². The zero-order valence-corrected chi connectivity index (χ0v) is 13.5. The average molecular weight is 336 g/mol. The number of rotatable bonds is 5. The zero-order chi connectivity index (χ0) is 14.5. The Labute approximate surface area is 128 Å². The third-order valence-corrected chi connectivity index (χ3v) is 4.02. The summed E-state index contributed by atoms with van der Waals surface area (Å²) in [5.41, 5.74) is 3.42. The van der Waals surface area contributed by atoms with E-state index in [0.717, 1.165) is 27.2 Å². The first-order valence-corrected chi connectivity index (χ1v) is 7.14. The van der Waals surface area contributed by atoms with E-state index < -0.39 is 0 Å². The predicted molar refractivity (Wildman–Crippen MR) is 85.8 cm³/mol.